The molecular weight excluding hydrogens is 578 g/mol. The van der Waals surface area contributed by atoms with Crippen molar-refractivity contribution in [1.29, 1.82) is 0 Å². The third-order valence-corrected chi connectivity index (χ3v) is 7.43. The molecule has 0 aromatic heterocycles. The summed E-state index contributed by atoms with van der Waals surface area (Å²) in [6, 6.07) is 1.40. The van der Waals surface area contributed by atoms with E-state index < -0.39 is 46.5 Å². The third-order valence-electron chi connectivity index (χ3n) is 7.43. The van der Waals surface area contributed by atoms with Crippen LogP contribution < -0.4 is 10.1 Å². The van der Waals surface area contributed by atoms with Gasteiger partial charge in [-0.25, -0.2) is 18.4 Å². The van der Waals surface area contributed by atoms with Gasteiger partial charge in [0.2, 0.25) is 5.91 Å². The smallest absolute Gasteiger partial charge is 0.410 e. The summed E-state index contributed by atoms with van der Waals surface area (Å²) in [5.74, 6) is -2.78. The van der Waals surface area contributed by atoms with Crippen molar-refractivity contribution in [2.24, 2.45) is 0 Å². The van der Waals surface area contributed by atoms with Gasteiger partial charge in [-0.1, -0.05) is 6.08 Å². The molecule has 0 radical (unpaired) electrons. The lowest BCUT2D eigenvalue weighted by molar-refractivity contribution is -0.148. The number of carbonyl (C=O) groups excluding carboxylic acids is 3. The van der Waals surface area contributed by atoms with Crippen LogP contribution in [0.25, 0.3) is 5.57 Å². The quantitative estimate of drug-likeness (QED) is 0.256. The van der Waals surface area contributed by atoms with E-state index in [4.69, 9.17) is 23.7 Å². The van der Waals surface area contributed by atoms with Gasteiger partial charge in [-0.2, -0.15) is 0 Å². The van der Waals surface area contributed by atoms with Crippen molar-refractivity contribution in [2.45, 2.75) is 96.1 Å². The van der Waals surface area contributed by atoms with Crippen LogP contribution >= 0.6 is 0 Å². The van der Waals surface area contributed by atoms with Crippen LogP contribution in [0.4, 0.5) is 13.6 Å². The minimum atomic E-state index is -0.904. The predicted octanol–water partition coefficient (Wildman–Crippen LogP) is 5.05. The Labute approximate surface area is 256 Å². The van der Waals surface area contributed by atoms with Gasteiger partial charge in [0.15, 0.2) is 11.6 Å². The van der Waals surface area contributed by atoms with E-state index in [1.54, 1.807) is 46.4 Å². The summed E-state index contributed by atoms with van der Waals surface area (Å²) < 4.78 is 57.2. The minimum absolute atomic E-state index is 0.0405. The summed E-state index contributed by atoms with van der Waals surface area (Å²) in [6.07, 6.45) is 5.07. The fraction of sp³-hybridized carbons (Fsp3) is 0.594. The van der Waals surface area contributed by atoms with Crippen LogP contribution in [0.2, 0.25) is 0 Å². The fourth-order valence-corrected chi connectivity index (χ4v) is 5.56. The molecule has 0 bridgehead atoms. The SMILES string of the molecule is CC(C)(C)OC(=O)/C=C/Oc1c(F)cc(F)cc1C1=CC[C@H](OC[C@@H]2N(C(=O)OC(C)(C)C)CC[C@@]23COCC(=O)N3)CC1. The summed E-state index contributed by atoms with van der Waals surface area (Å²) in [6.45, 7) is 11.2. The maximum absolute atomic E-state index is 14.8. The van der Waals surface area contributed by atoms with Gasteiger partial charge in [-0.3, -0.25) is 4.79 Å². The molecule has 44 heavy (non-hydrogen) atoms. The Morgan fingerprint density at radius 2 is 1.86 bits per heavy atom. The first-order valence-electron chi connectivity index (χ1n) is 14.8. The van der Waals surface area contributed by atoms with E-state index in [0.29, 0.717) is 37.8 Å². The summed E-state index contributed by atoms with van der Waals surface area (Å²) in [5, 5.41) is 3.03. The highest BCUT2D eigenvalue weighted by Gasteiger charge is 2.53. The lowest BCUT2D eigenvalue weighted by Crippen LogP contribution is -2.65. The van der Waals surface area contributed by atoms with Crippen LogP contribution in [-0.2, 0) is 28.5 Å². The molecule has 2 amide bonds. The Morgan fingerprint density at radius 3 is 2.50 bits per heavy atom. The second kappa shape index (κ2) is 13.2. The molecule has 10 nitrogen and oxygen atoms in total. The van der Waals surface area contributed by atoms with E-state index in [1.807, 2.05) is 6.08 Å². The van der Waals surface area contributed by atoms with Gasteiger partial charge in [0.05, 0.1) is 43.2 Å². The number of likely N-dealkylation sites (tertiary alicyclic amines) is 1. The zero-order chi connectivity index (χ0) is 32.3. The molecule has 0 unspecified atom stereocenters. The molecular formula is C32H42F2N2O8. The molecule has 2 aliphatic heterocycles. The largest absolute Gasteiger partial charge is 0.461 e. The van der Waals surface area contributed by atoms with E-state index >= 15 is 0 Å². The van der Waals surface area contributed by atoms with E-state index in [1.165, 1.54) is 6.07 Å². The number of benzene rings is 1. The van der Waals surface area contributed by atoms with Gasteiger partial charge in [-0.05, 0) is 78.9 Å². The molecule has 12 heteroatoms. The normalized spacial score (nSPS) is 24.3. The lowest BCUT2D eigenvalue weighted by atomic mass is 9.89. The summed E-state index contributed by atoms with van der Waals surface area (Å²) in [5.41, 5.74) is -1.28. The molecule has 1 aliphatic carbocycles. The topological polar surface area (TPSA) is 113 Å². The van der Waals surface area contributed by atoms with Gasteiger partial charge in [0, 0.05) is 18.2 Å². The van der Waals surface area contributed by atoms with Crippen LogP contribution in [0.1, 0.15) is 72.8 Å². The highest BCUT2D eigenvalue weighted by molar-refractivity contribution is 5.82. The van der Waals surface area contributed by atoms with Crippen molar-refractivity contribution in [1.82, 2.24) is 10.2 Å². The third kappa shape index (κ3) is 8.56. The molecule has 1 aromatic rings. The number of hydrogen-bond donors (Lipinski definition) is 1. The number of halogens is 2. The number of nitrogens with zero attached hydrogens (tertiary/aromatic N) is 1. The summed E-state index contributed by atoms with van der Waals surface area (Å²) >= 11 is 0. The number of rotatable bonds is 7. The lowest BCUT2D eigenvalue weighted by Gasteiger charge is -2.41. The summed E-state index contributed by atoms with van der Waals surface area (Å²) in [7, 11) is 0. The number of carbonyl (C=O) groups is 3. The first-order valence-corrected chi connectivity index (χ1v) is 14.8. The fourth-order valence-electron chi connectivity index (χ4n) is 5.56. The van der Waals surface area contributed by atoms with Crippen molar-refractivity contribution in [3.05, 3.63) is 47.7 Å². The second-order valence-corrected chi connectivity index (χ2v) is 13.3. The monoisotopic (exact) mass is 620 g/mol. The Balaban J connectivity index is 1.45. The minimum Gasteiger partial charge on any atom is -0.461 e. The van der Waals surface area contributed by atoms with Crippen LogP contribution in [0.3, 0.4) is 0 Å². The number of hydrogen-bond acceptors (Lipinski definition) is 8. The highest BCUT2D eigenvalue weighted by atomic mass is 19.1. The van der Waals surface area contributed by atoms with Crippen molar-refractivity contribution < 1.29 is 46.8 Å². The molecule has 2 heterocycles. The molecule has 242 valence electrons. The first-order chi connectivity index (χ1) is 20.6. The molecule has 1 spiro atoms. The number of ether oxygens (including phenoxy) is 5. The molecule has 2 saturated heterocycles. The van der Waals surface area contributed by atoms with E-state index in [0.717, 1.165) is 18.4 Å². The Morgan fingerprint density at radius 1 is 1.14 bits per heavy atom. The molecule has 1 aromatic carbocycles. The number of morpholine rings is 1. The Kier molecular flexibility index (Phi) is 10.0. The number of allylic oxidation sites excluding steroid dienone is 1. The van der Waals surface area contributed by atoms with Gasteiger partial charge < -0.3 is 33.9 Å². The van der Waals surface area contributed by atoms with E-state index in [-0.39, 0.29) is 43.1 Å². The van der Waals surface area contributed by atoms with Gasteiger partial charge in [0.1, 0.15) is 23.6 Å². The van der Waals surface area contributed by atoms with Crippen LogP contribution in [0, 0.1) is 11.6 Å². The number of nitrogens with one attached hydrogen (secondary N) is 1. The zero-order valence-electron chi connectivity index (χ0n) is 26.2. The zero-order valence-corrected chi connectivity index (χ0v) is 26.2. The standard InChI is InChI=1S/C32H42F2N2O8/c1-30(2,3)43-27(38)11-14-41-28-23(15-21(33)16-24(28)34)20-7-9-22(10-8-20)42-17-25-32(19-40-18-26(37)35-32)12-13-36(25)29(39)44-31(4,5)6/h7,11,14-16,22,25H,8-10,12-13,17-19H2,1-6H3,(H,35,37)/b14-11+/t22-,25-,32+/m0/s1. The van der Waals surface area contributed by atoms with E-state index in [9.17, 15) is 23.2 Å². The van der Waals surface area contributed by atoms with Gasteiger partial charge in [0.25, 0.3) is 0 Å². The van der Waals surface area contributed by atoms with Crippen molar-refractivity contribution in [3.63, 3.8) is 0 Å². The average Bonchev–Trinajstić information content (AvgIpc) is 3.23. The summed E-state index contributed by atoms with van der Waals surface area (Å²) in [4.78, 5) is 38.9. The first kappa shape index (κ1) is 33.4. The molecule has 1 N–H and O–H groups in total. The molecule has 0 saturated carbocycles. The van der Waals surface area contributed by atoms with Crippen LogP contribution in [0.5, 0.6) is 5.75 Å². The van der Waals surface area contributed by atoms with Crippen LogP contribution in [-0.4, -0.2) is 78.1 Å². The average molecular weight is 621 g/mol. The molecule has 2 fully saturated rings. The number of amides is 2. The van der Waals surface area contributed by atoms with Crippen molar-refractivity contribution in [3.8, 4) is 5.75 Å². The predicted molar refractivity (Wildman–Crippen MR) is 157 cm³/mol. The van der Waals surface area contributed by atoms with E-state index in [2.05, 4.69) is 5.32 Å². The maximum atomic E-state index is 14.8. The second-order valence-electron chi connectivity index (χ2n) is 13.3. The molecule has 3 atom stereocenters. The molecule has 3 aliphatic rings. The Hall–Kier alpha value is -3.51. The van der Waals surface area contributed by atoms with Crippen molar-refractivity contribution in [2.75, 3.05) is 26.4 Å². The van der Waals surface area contributed by atoms with Gasteiger partial charge in [-0.15, -0.1) is 0 Å². The van der Waals surface area contributed by atoms with Gasteiger partial charge >= 0.3 is 12.1 Å². The van der Waals surface area contributed by atoms with Crippen LogP contribution in [0.15, 0.2) is 30.5 Å². The highest BCUT2D eigenvalue weighted by Crippen LogP contribution is 2.38. The van der Waals surface area contributed by atoms with Crippen molar-refractivity contribution >= 4 is 23.5 Å². The maximum Gasteiger partial charge on any atom is 0.410 e. The number of esters is 1. The Bertz CT molecular complexity index is 1320. The molecule has 4 rings (SSSR count).